The zero-order chi connectivity index (χ0) is 13.0. The predicted molar refractivity (Wildman–Crippen MR) is 66.1 cm³/mol. The second-order valence-electron chi connectivity index (χ2n) is 4.14. The molecule has 0 aliphatic carbocycles. The highest BCUT2D eigenvalue weighted by molar-refractivity contribution is 5.27. The zero-order valence-electron chi connectivity index (χ0n) is 9.97. The van der Waals surface area contributed by atoms with Crippen LogP contribution in [0.1, 0.15) is 22.6 Å². The molecule has 2 rings (SSSR count). The van der Waals surface area contributed by atoms with Crippen molar-refractivity contribution in [3.8, 4) is 5.75 Å². The van der Waals surface area contributed by atoms with Crippen LogP contribution >= 0.6 is 0 Å². The van der Waals surface area contributed by atoms with Gasteiger partial charge >= 0.3 is 0 Å². The maximum Gasteiger partial charge on any atom is 0.129 e. The van der Waals surface area contributed by atoms with Crippen molar-refractivity contribution in [3.63, 3.8) is 0 Å². The van der Waals surface area contributed by atoms with E-state index in [0.717, 1.165) is 17.5 Å². The number of aromatic hydroxyl groups is 1. The number of furan rings is 1. The van der Waals surface area contributed by atoms with Crippen LogP contribution in [0.5, 0.6) is 5.75 Å². The lowest BCUT2D eigenvalue weighted by atomic mass is 10.1. The number of phenolic OH excluding ortho intramolecular Hbond substituents is 1. The van der Waals surface area contributed by atoms with Crippen LogP contribution in [0, 0.1) is 0 Å². The average Bonchev–Trinajstić information content (AvgIpc) is 2.80. The third kappa shape index (κ3) is 2.91. The molecule has 2 aromatic rings. The summed E-state index contributed by atoms with van der Waals surface area (Å²) in [6, 6.07) is 8.66. The Bertz CT molecular complexity index is 499. The van der Waals surface area contributed by atoms with E-state index in [9.17, 15) is 10.2 Å². The maximum absolute atomic E-state index is 9.19. The molecule has 0 aliphatic heterocycles. The van der Waals surface area contributed by atoms with Crippen LogP contribution in [0.3, 0.4) is 0 Å². The third-order valence-corrected chi connectivity index (χ3v) is 2.85. The summed E-state index contributed by atoms with van der Waals surface area (Å²) >= 11 is 0. The molecule has 1 aromatic heterocycles. The fourth-order valence-corrected chi connectivity index (χ4v) is 1.87. The Morgan fingerprint density at radius 3 is 2.28 bits per heavy atom. The smallest absolute Gasteiger partial charge is 0.129 e. The molecule has 0 saturated heterocycles. The summed E-state index contributed by atoms with van der Waals surface area (Å²) in [6.07, 6.45) is 1.41. The maximum atomic E-state index is 9.19. The fraction of sp³-hybridized carbons (Fsp3) is 0.286. The van der Waals surface area contributed by atoms with E-state index in [-0.39, 0.29) is 19.0 Å². The van der Waals surface area contributed by atoms with Crippen molar-refractivity contribution in [2.24, 2.45) is 0 Å². The van der Waals surface area contributed by atoms with E-state index in [1.807, 2.05) is 12.1 Å². The second-order valence-corrected chi connectivity index (χ2v) is 4.14. The molecule has 1 aromatic carbocycles. The van der Waals surface area contributed by atoms with Gasteiger partial charge in [0, 0.05) is 12.0 Å². The van der Waals surface area contributed by atoms with Gasteiger partial charge in [-0.05, 0) is 30.2 Å². The van der Waals surface area contributed by atoms with Gasteiger partial charge in [-0.15, -0.1) is 0 Å². The summed E-state index contributed by atoms with van der Waals surface area (Å²) in [5.41, 5.74) is 1.80. The van der Waals surface area contributed by atoms with E-state index >= 15 is 0 Å². The minimum absolute atomic E-state index is 0.0889. The molecule has 0 amide bonds. The van der Waals surface area contributed by atoms with Crippen LogP contribution in [0.4, 0.5) is 0 Å². The molecule has 1 heterocycles. The molecule has 0 radical (unpaired) electrons. The molecular formula is C14H16O4. The van der Waals surface area contributed by atoms with Crippen molar-refractivity contribution in [3.05, 3.63) is 53.0 Å². The second kappa shape index (κ2) is 5.71. The lowest BCUT2D eigenvalue weighted by Gasteiger charge is -2.01. The van der Waals surface area contributed by atoms with E-state index < -0.39 is 0 Å². The van der Waals surface area contributed by atoms with Crippen molar-refractivity contribution in [1.29, 1.82) is 0 Å². The monoisotopic (exact) mass is 248 g/mol. The minimum atomic E-state index is -0.161. The third-order valence-electron chi connectivity index (χ3n) is 2.85. The summed E-state index contributed by atoms with van der Waals surface area (Å²) in [5.74, 6) is 1.42. The summed E-state index contributed by atoms with van der Waals surface area (Å²) in [4.78, 5) is 0. The molecule has 0 atom stereocenters. The highest BCUT2D eigenvalue weighted by atomic mass is 16.4. The van der Waals surface area contributed by atoms with E-state index in [0.29, 0.717) is 17.9 Å². The van der Waals surface area contributed by atoms with E-state index in [1.165, 1.54) is 0 Å². The molecule has 96 valence electrons. The van der Waals surface area contributed by atoms with E-state index in [4.69, 9.17) is 9.52 Å². The van der Waals surface area contributed by atoms with E-state index in [1.54, 1.807) is 18.2 Å². The molecule has 0 aliphatic rings. The van der Waals surface area contributed by atoms with Gasteiger partial charge in [-0.3, -0.25) is 0 Å². The molecule has 0 bridgehead atoms. The topological polar surface area (TPSA) is 73.8 Å². The van der Waals surface area contributed by atoms with Crippen molar-refractivity contribution in [1.82, 2.24) is 0 Å². The molecule has 4 nitrogen and oxygen atoms in total. The first-order chi connectivity index (χ1) is 8.72. The van der Waals surface area contributed by atoms with Gasteiger partial charge < -0.3 is 19.7 Å². The Labute approximate surface area is 105 Å². The quantitative estimate of drug-likeness (QED) is 0.753. The Morgan fingerprint density at radius 1 is 0.944 bits per heavy atom. The largest absolute Gasteiger partial charge is 0.508 e. The van der Waals surface area contributed by atoms with Crippen LogP contribution in [0.15, 0.2) is 34.7 Å². The average molecular weight is 248 g/mol. The Morgan fingerprint density at radius 2 is 1.67 bits per heavy atom. The summed E-state index contributed by atoms with van der Waals surface area (Å²) in [6.45, 7) is -0.249. The van der Waals surface area contributed by atoms with Gasteiger partial charge in [0.25, 0.3) is 0 Å². The van der Waals surface area contributed by atoms with E-state index in [2.05, 4.69) is 0 Å². The Balaban J connectivity index is 2.05. The van der Waals surface area contributed by atoms with Crippen molar-refractivity contribution >= 4 is 0 Å². The minimum Gasteiger partial charge on any atom is -0.508 e. The first-order valence-electron chi connectivity index (χ1n) is 5.83. The SMILES string of the molecule is OCc1cc(CO)c(CCc2ccc(O)cc2)o1. The molecular weight excluding hydrogens is 232 g/mol. The van der Waals surface area contributed by atoms with Gasteiger partial charge in [-0.1, -0.05) is 12.1 Å². The molecule has 0 spiro atoms. The van der Waals surface area contributed by atoms with Crippen molar-refractivity contribution < 1.29 is 19.7 Å². The van der Waals surface area contributed by atoms with Gasteiger partial charge in [-0.25, -0.2) is 0 Å². The van der Waals surface area contributed by atoms with Gasteiger partial charge in [0.15, 0.2) is 0 Å². The Kier molecular flexibility index (Phi) is 4.02. The highest BCUT2D eigenvalue weighted by Gasteiger charge is 2.09. The number of hydrogen-bond donors (Lipinski definition) is 3. The summed E-state index contributed by atoms with van der Waals surface area (Å²) in [5, 5.41) is 27.3. The zero-order valence-corrected chi connectivity index (χ0v) is 9.97. The van der Waals surface area contributed by atoms with Crippen molar-refractivity contribution in [2.45, 2.75) is 26.1 Å². The number of benzene rings is 1. The van der Waals surface area contributed by atoms with Crippen LogP contribution in [-0.2, 0) is 26.1 Å². The molecule has 0 fully saturated rings. The van der Waals surface area contributed by atoms with Gasteiger partial charge in [0.1, 0.15) is 23.9 Å². The number of rotatable bonds is 5. The standard InChI is InChI=1S/C14H16O4/c15-8-11-7-13(9-16)18-14(11)6-3-10-1-4-12(17)5-2-10/h1-2,4-5,7,15-17H,3,6,8-9H2. The van der Waals surface area contributed by atoms with Crippen LogP contribution in [0.25, 0.3) is 0 Å². The first kappa shape index (κ1) is 12.7. The van der Waals surface area contributed by atoms with Gasteiger partial charge in [0.05, 0.1) is 6.61 Å². The first-order valence-corrected chi connectivity index (χ1v) is 5.83. The number of phenols is 1. The highest BCUT2D eigenvalue weighted by Crippen LogP contribution is 2.19. The van der Waals surface area contributed by atoms with Crippen LogP contribution in [-0.4, -0.2) is 15.3 Å². The number of aliphatic hydroxyl groups is 2. The number of aliphatic hydroxyl groups excluding tert-OH is 2. The fourth-order valence-electron chi connectivity index (χ4n) is 1.87. The molecule has 18 heavy (non-hydrogen) atoms. The Hall–Kier alpha value is -1.78. The summed E-state index contributed by atoms with van der Waals surface area (Å²) < 4.78 is 5.44. The van der Waals surface area contributed by atoms with Crippen LogP contribution in [0.2, 0.25) is 0 Å². The molecule has 3 N–H and O–H groups in total. The number of aryl methyl sites for hydroxylation is 2. The molecule has 4 heteroatoms. The lowest BCUT2D eigenvalue weighted by Crippen LogP contribution is -1.93. The lowest BCUT2D eigenvalue weighted by molar-refractivity contribution is 0.242. The van der Waals surface area contributed by atoms with Crippen molar-refractivity contribution in [2.75, 3.05) is 0 Å². The molecule has 0 saturated carbocycles. The van der Waals surface area contributed by atoms with Crippen LogP contribution < -0.4 is 0 Å². The predicted octanol–water partition coefficient (Wildman–Crippen LogP) is 1.75. The molecule has 0 unspecified atom stereocenters. The normalized spacial score (nSPS) is 10.8. The van der Waals surface area contributed by atoms with Gasteiger partial charge in [0.2, 0.25) is 0 Å². The van der Waals surface area contributed by atoms with Gasteiger partial charge in [-0.2, -0.15) is 0 Å². The summed E-state index contributed by atoms with van der Waals surface area (Å²) in [7, 11) is 0. The number of hydrogen-bond acceptors (Lipinski definition) is 4.